The second-order valence-electron chi connectivity index (χ2n) is 4.65. The molecule has 0 unspecified atom stereocenters. The van der Waals surface area contributed by atoms with Crippen molar-refractivity contribution >= 4 is 21.6 Å². The zero-order chi connectivity index (χ0) is 14.8. The lowest BCUT2D eigenvalue weighted by atomic mass is 10.1. The van der Waals surface area contributed by atoms with Gasteiger partial charge in [0.15, 0.2) is 0 Å². The van der Waals surface area contributed by atoms with Crippen molar-refractivity contribution in [3.8, 4) is 0 Å². The number of aliphatic hydroxyl groups excluding tert-OH is 1. The van der Waals surface area contributed by atoms with Crippen LogP contribution in [0.3, 0.4) is 0 Å². The van der Waals surface area contributed by atoms with Crippen LogP contribution in [0.5, 0.6) is 0 Å². The lowest BCUT2D eigenvalue weighted by molar-refractivity contribution is 0.203. The summed E-state index contributed by atoms with van der Waals surface area (Å²) < 4.78 is 6.21. The summed E-state index contributed by atoms with van der Waals surface area (Å²) in [5.41, 5.74) is 2.39. The van der Waals surface area contributed by atoms with Gasteiger partial charge in [0.05, 0.1) is 13.2 Å². The zero-order valence-corrected chi connectivity index (χ0v) is 13.9. The van der Waals surface area contributed by atoms with Crippen LogP contribution in [-0.2, 0) is 11.3 Å². The smallest absolute Gasteiger partial charge is 0.0637 e. The van der Waals surface area contributed by atoms with Gasteiger partial charge in [-0.05, 0) is 30.7 Å². The summed E-state index contributed by atoms with van der Waals surface area (Å²) in [7, 11) is 1.70. The van der Waals surface area contributed by atoms with Crippen LogP contribution < -0.4 is 10.2 Å². The molecule has 1 aromatic rings. The van der Waals surface area contributed by atoms with Gasteiger partial charge in [0.25, 0.3) is 0 Å². The molecule has 5 heteroatoms. The van der Waals surface area contributed by atoms with E-state index < -0.39 is 0 Å². The normalized spacial score (nSPS) is 10.8. The van der Waals surface area contributed by atoms with Crippen molar-refractivity contribution in [2.75, 3.05) is 44.9 Å². The SMILES string of the molecule is CCCNCc1ccc(Br)cc1N(CCO)CCOC. The van der Waals surface area contributed by atoms with E-state index in [0.717, 1.165) is 36.2 Å². The maximum atomic E-state index is 9.26. The molecular formula is C15H25BrN2O2. The van der Waals surface area contributed by atoms with E-state index >= 15 is 0 Å². The Hall–Kier alpha value is -0.620. The average Bonchev–Trinajstić information content (AvgIpc) is 2.45. The number of nitrogens with zero attached hydrogens (tertiary/aromatic N) is 1. The van der Waals surface area contributed by atoms with Gasteiger partial charge in [0.1, 0.15) is 0 Å². The summed E-state index contributed by atoms with van der Waals surface area (Å²) in [6, 6.07) is 6.29. The second kappa shape index (κ2) is 10.2. The van der Waals surface area contributed by atoms with Crippen molar-refractivity contribution in [2.24, 2.45) is 0 Å². The van der Waals surface area contributed by atoms with Gasteiger partial charge >= 0.3 is 0 Å². The van der Waals surface area contributed by atoms with Gasteiger partial charge in [0.2, 0.25) is 0 Å². The van der Waals surface area contributed by atoms with Gasteiger partial charge in [-0.15, -0.1) is 0 Å². The highest BCUT2D eigenvalue weighted by Gasteiger charge is 2.11. The van der Waals surface area contributed by atoms with Crippen molar-refractivity contribution in [3.63, 3.8) is 0 Å². The first kappa shape index (κ1) is 17.4. The summed E-state index contributed by atoms with van der Waals surface area (Å²) in [6.45, 7) is 6.17. The lowest BCUT2D eigenvalue weighted by Crippen LogP contribution is -2.31. The van der Waals surface area contributed by atoms with Gasteiger partial charge in [-0.3, -0.25) is 0 Å². The molecule has 4 nitrogen and oxygen atoms in total. The molecule has 0 bridgehead atoms. The monoisotopic (exact) mass is 344 g/mol. The second-order valence-corrected chi connectivity index (χ2v) is 5.57. The number of hydrogen-bond donors (Lipinski definition) is 2. The molecule has 1 aromatic carbocycles. The number of hydrogen-bond acceptors (Lipinski definition) is 4. The zero-order valence-electron chi connectivity index (χ0n) is 12.4. The molecule has 20 heavy (non-hydrogen) atoms. The molecule has 0 spiro atoms. The molecule has 0 aliphatic rings. The van der Waals surface area contributed by atoms with E-state index in [2.05, 4.69) is 51.3 Å². The molecule has 0 fully saturated rings. The Kier molecular flexibility index (Phi) is 8.85. The predicted molar refractivity (Wildman–Crippen MR) is 87.3 cm³/mol. The van der Waals surface area contributed by atoms with Crippen LogP contribution in [0, 0.1) is 0 Å². The average molecular weight is 345 g/mol. The Morgan fingerprint density at radius 1 is 1.35 bits per heavy atom. The van der Waals surface area contributed by atoms with E-state index in [1.165, 1.54) is 5.56 Å². The first-order valence-corrected chi connectivity index (χ1v) is 7.86. The Bertz CT molecular complexity index is 388. The lowest BCUT2D eigenvalue weighted by Gasteiger charge is -2.26. The summed E-state index contributed by atoms with van der Waals surface area (Å²) in [5.74, 6) is 0. The quantitative estimate of drug-likeness (QED) is 0.639. The van der Waals surface area contributed by atoms with Crippen LogP contribution in [-0.4, -0.2) is 45.1 Å². The third-order valence-corrected chi connectivity index (χ3v) is 3.56. The molecule has 1 rings (SSSR count). The Balaban J connectivity index is 2.88. The number of rotatable bonds is 10. The molecule has 0 heterocycles. The Morgan fingerprint density at radius 3 is 2.80 bits per heavy atom. The topological polar surface area (TPSA) is 44.7 Å². The third kappa shape index (κ3) is 5.79. The van der Waals surface area contributed by atoms with E-state index in [-0.39, 0.29) is 6.61 Å². The highest BCUT2D eigenvalue weighted by Crippen LogP contribution is 2.25. The van der Waals surface area contributed by atoms with E-state index in [4.69, 9.17) is 4.74 Å². The number of halogens is 1. The number of benzene rings is 1. The Labute approximate surface area is 130 Å². The predicted octanol–water partition coefficient (Wildman–Crippen LogP) is 2.39. The van der Waals surface area contributed by atoms with Crippen LogP contribution >= 0.6 is 15.9 Å². The van der Waals surface area contributed by atoms with Crippen LogP contribution in [0.15, 0.2) is 22.7 Å². The van der Waals surface area contributed by atoms with Crippen LogP contribution in [0.2, 0.25) is 0 Å². The number of aliphatic hydroxyl groups is 1. The molecular weight excluding hydrogens is 320 g/mol. The first-order chi connectivity index (χ1) is 9.72. The van der Waals surface area contributed by atoms with Gasteiger partial charge < -0.3 is 20.1 Å². The van der Waals surface area contributed by atoms with E-state index in [1.807, 2.05) is 0 Å². The minimum atomic E-state index is 0.137. The van der Waals surface area contributed by atoms with Gasteiger partial charge in [-0.1, -0.05) is 28.9 Å². The van der Waals surface area contributed by atoms with Gasteiger partial charge in [0, 0.05) is 36.9 Å². The fourth-order valence-electron chi connectivity index (χ4n) is 2.06. The van der Waals surface area contributed by atoms with Crippen LogP contribution in [0.1, 0.15) is 18.9 Å². The number of anilines is 1. The van der Waals surface area contributed by atoms with Crippen molar-refractivity contribution in [2.45, 2.75) is 19.9 Å². The third-order valence-electron chi connectivity index (χ3n) is 3.07. The van der Waals surface area contributed by atoms with Crippen LogP contribution in [0.25, 0.3) is 0 Å². The largest absolute Gasteiger partial charge is 0.395 e. The highest BCUT2D eigenvalue weighted by atomic mass is 79.9. The summed E-state index contributed by atoms with van der Waals surface area (Å²) in [6.07, 6.45) is 1.12. The standard InChI is InChI=1S/C15H25BrN2O2/c1-3-6-17-12-13-4-5-14(16)11-15(13)18(7-9-19)8-10-20-2/h4-5,11,17,19H,3,6-10,12H2,1-2H3. The molecule has 0 radical (unpaired) electrons. The molecule has 114 valence electrons. The van der Waals surface area contributed by atoms with E-state index in [0.29, 0.717) is 13.2 Å². The van der Waals surface area contributed by atoms with E-state index in [1.54, 1.807) is 7.11 Å². The molecule has 0 amide bonds. The number of ether oxygens (including phenoxy) is 1. The van der Waals surface area contributed by atoms with Gasteiger partial charge in [-0.25, -0.2) is 0 Å². The van der Waals surface area contributed by atoms with E-state index in [9.17, 15) is 5.11 Å². The molecule has 0 saturated carbocycles. The highest BCUT2D eigenvalue weighted by molar-refractivity contribution is 9.10. The summed E-state index contributed by atoms with van der Waals surface area (Å²) >= 11 is 3.52. The number of nitrogens with one attached hydrogen (secondary N) is 1. The number of methoxy groups -OCH3 is 1. The molecule has 2 N–H and O–H groups in total. The van der Waals surface area contributed by atoms with Crippen molar-refractivity contribution in [1.82, 2.24) is 5.32 Å². The molecule has 0 aromatic heterocycles. The van der Waals surface area contributed by atoms with Gasteiger partial charge in [-0.2, -0.15) is 0 Å². The maximum Gasteiger partial charge on any atom is 0.0637 e. The van der Waals surface area contributed by atoms with Crippen LogP contribution in [0.4, 0.5) is 5.69 Å². The summed E-state index contributed by atoms with van der Waals surface area (Å²) in [4.78, 5) is 2.16. The fraction of sp³-hybridized carbons (Fsp3) is 0.600. The fourth-order valence-corrected chi connectivity index (χ4v) is 2.40. The maximum absolute atomic E-state index is 9.26. The molecule has 0 aliphatic carbocycles. The molecule has 0 aliphatic heterocycles. The molecule has 0 saturated heterocycles. The Morgan fingerprint density at radius 2 is 2.15 bits per heavy atom. The first-order valence-electron chi connectivity index (χ1n) is 7.06. The minimum absolute atomic E-state index is 0.137. The van der Waals surface area contributed by atoms with Crippen molar-refractivity contribution in [1.29, 1.82) is 0 Å². The van der Waals surface area contributed by atoms with Crippen molar-refractivity contribution in [3.05, 3.63) is 28.2 Å². The summed E-state index contributed by atoms with van der Waals surface area (Å²) in [5, 5.41) is 12.7. The minimum Gasteiger partial charge on any atom is -0.395 e. The molecule has 0 atom stereocenters. The van der Waals surface area contributed by atoms with Crippen molar-refractivity contribution < 1.29 is 9.84 Å².